The van der Waals surface area contributed by atoms with Crippen molar-refractivity contribution in [2.75, 3.05) is 19.1 Å². The van der Waals surface area contributed by atoms with Gasteiger partial charge in [0.05, 0.1) is 0 Å². The Kier molecular flexibility index (Phi) is 8.98. The number of hydrogen-bond donors (Lipinski definition) is 0. The molecule has 0 aromatic carbocycles. The summed E-state index contributed by atoms with van der Waals surface area (Å²) >= 11 is 5.72. The summed E-state index contributed by atoms with van der Waals surface area (Å²) in [5.74, 6) is 0.707. The molecule has 4 heteroatoms. The minimum atomic E-state index is -1.90. The molecule has 0 fully saturated rings. The summed E-state index contributed by atoms with van der Waals surface area (Å²) in [6.07, 6.45) is 2.14. The highest BCUT2D eigenvalue weighted by Crippen LogP contribution is 2.23. The third kappa shape index (κ3) is 5.34. The van der Waals surface area contributed by atoms with Gasteiger partial charge in [-0.1, -0.05) is 13.3 Å². The summed E-state index contributed by atoms with van der Waals surface area (Å²) in [6, 6.07) is 2.12. The Balaban J connectivity index is 4.21. The van der Waals surface area contributed by atoms with Crippen molar-refractivity contribution in [1.82, 2.24) is 0 Å². The molecule has 0 N–H and O–H groups in total. The minimum absolute atomic E-state index is 0.707. The van der Waals surface area contributed by atoms with Crippen molar-refractivity contribution in [3.8, 4) is 0 Å². The Morgan fingerprint density at radius 3 is 1.93 bits per heavy atom. The van der Waals surface area contributed by atoms with Crippen LogP contribution in [0.4, 0.5) is 0 Å². The third-order valence-corrected chi connectivity index (χ3v) is 6.41. The zero-order valence-corrected chi connectivity index (χ0v) is 11.4. The van der Waals surface area contributed by atoms with Crippen LogP contribution in [0.15, 0.2) is 0 Å². The van der Waals surface area contributed by atoms with Gasteiger partial charge in [-0.05, 0) is 32.4 Å². The van der Waals surface area contributed by atoms with Crippen LogP contribution >= 0.6 is 11.6 Å². The Labute approximate surface area is 94.2 Å². The van der Waals surface area contributed by atoms with E-state index in [1.54, 1.807) is 0 Å². The molecule has 0 heterocycles. The maximum Gasteiger partial charge on any atom is 0.338 e. The molecule has 2 nitrogen and oxygen atoms in total. The zero-order valence-electron chi connectivity index (χ0n) is 9.64. The molecular formula is C10H23ClO2Si. The van der Waals surface area contributed by atoms with Gasteiger partial charge in [-0.3, -0.25) is 0 Å². The predicted octanol–water partition coefficient (Wildman–Crippen LogP) is 3.54. The number of alkyl halides is 1. The molecule has 0 radical (unpaired) electrons. The molecule has 0 spiro atoms. The van der Waals surface area contributed by atoms with Crippen LogP contribution in [-0.2, 0) is 8.85 Å². The lowest BCUT2D eigenvalue weighted by molar-refractivity contribution is 0.181. The minimum Gasteiger partial charge on any atom is -0.394 e. The standard InChI is InChI=1S/C10H23ClO2Si/c1-4-9-14(12-5-2,13-6-3)10-7-8-11/h4-10H2,1-3H3. The summed E-state index contributed by atoms with van der Waals surface area (Å²) < 4.78 is 11.7. The van der Waals surface area contributed by atoms with Crippen LogP contribution in [0.25, 0.3) is 0 Å². The first kappa shape index (κ1) is 14.4. The van der Waals surface area contributed by atoms with Gasteiger partial charge < -0.3 is 8.85 Å². The molecule has 0 aromatic rings. The molecule has 0 aliphatic heterocycles. The molecule has 0 aromatic heterocycles. The Hall–Kier alpha value is 0.427. The lowest BCUT2D eigenvalue weighted by atomic mass is 10.6. The highest BCUT2D eigenvalue weighted by Gasteiger charge is 2.35. The topological polar surface area (TPSA) is 18.5 Å². The van der Waals surface area contributed by atoms with Gasteiger partial charge in [-0.25, -0.2) is 0 Å². The van der Waals surface area contributed by atoms with Crippen LogP contribution < -0.4 is 0 Å². The number of halogens is 1. The van der Waals surface area contributed by atoms with Gasteiger partial charge in [0.2, 0.25) is 0 Å². The van der Waals surface area contributed by atoms with E-state index >= 15 is 0 Å². The molecular weight excluding hydrogens is 216 g/mol. The van der Waals surface area contributed by atoms with E-state index in [1.807, 2.05) is 13.8 Å². The molecule has 0 unspecified atom stereocenters. The highest BCUT2D eigenvalue weighted by atomic mass is 35.5. The molecule has 14 heavy (non-hydrogen) atoms. The van der Waals surface area contributed by atoms with Crippen molar-refractivity contribution < 1.29 is 8.85 Å². The molecule has 0 saturated heterocycles. The quantitative estimate of drug-likeness (QED) is 0.452. The lowest BCUT2D eigenvalue weighted by Crippen LogP contribution is -2.42. The smallest absolute Gasteiger partial charge is 0.338 e. The van der Waals surface area contributed by atoms with Crippen LogP contribution in [0.2, 0.25) is 12.1 Å². The van der Waals surface area contributed by atoms with E-state index in [-0.39, 0.29) is 0 Å². The van der Waals surface area contributed by atoms with E-state index in [0.717, 1.165) is 38.1 Å². The first-order valence-corrected chi connectivity index (χ1v) is 8.35. The molecule has 0 aliphatic carbocycles. The molecule has 0 rings (SSSR count). The third-order valence-electron chi connectivity index (χ3n) is 2.14. The number of rotatable bonds is 9. The molecule has 0 aliphatic rings. The van der Waals surface area contributed by atoms with Crippen LogP contribution in [0, 0.1) is 0 Å². The highest BCUT2D eigenvalue weighted by molar-refractivity contribution is 6.67. The molecule has 0 atom stereocenters. The Bertz CT molecular complexity index is 116. The van der Waals surface area contributed by atoms with E-state index < -0.39 is 8.56 Å². The van der Waals surface area contributed by atoms with Gasteiger partial charge >= 0.3 is 8.56 Å². The second-order valence-electron chi connectivity index (χ2n) is 3.32. The monoisotopic (exact) mass is 238 g/mol. The van der Waals surface area contributed by atoms with Crippen molar-refractivity contribution >= 4 is 20.2 Å². The fourth-order valence-electron chi connectivity index (χ4n) is 1.70. The van der Waals surface area contributed by atoms with Crippen molar-refractivity contribution in [3.63, 3.8) is 0 Å². The van der Waals surface area contributed by atoms with Crippen LogP contribution in [0.3, 0.4) is 0 Å². The van der Waals surface area contributed by atoms with Gasteiger partial charge in [-0.2, -0.15) is 0 Å². The Morgan fingerprint density at radius 1 is 1.00 bits per heavy atom. The van der Waals surface area contributed by atoms with Crippen molar-refractivity contribution in [2.45, 2.75) is 45.7 Å². The fourth-order valence-corrected chi connectivity index (χ4v) is 5.50. The normalized spacial score (nSPS) is 12.0. The lowest BCUT2D eigenvalue weighted by Gasteiger charge is -2.29. The van der Waals surface area contributed by atoms with Gasteiger partial charge in [-0.15, -0.1) is 11.6 Å². The van der Waals surface area contributed by atoms with E-state index in [4.69, 9.17) is 20.5 Å². The van der Waals surface area contributed by atoms with Gasteiger partial charge in [0.1, 0.15) is 0 Å². The Morgan fingerprint density at radius 2 is 1.57 bits per heavy atom. The molecule has 0 bridgehead atoms. The fraction of sp³-hybridized carbons (Fsp3) is 1.00. The molecule has 0 amide bonds. The maximum absolute atomic E-state index is 5.87. The average molecular weight is 239 g/mol. The van der Waals surface area contributed by atoms with E-state index in [2.05, 4.69) is 6.92 Å². The van der Waals surface area contributed by atoms with Crippen molar-refractivity contribution in [1.29, 1.82) is 0 Å². The molecule has 0 saturated carbocycles. The second kappa shape index (κ2) is 8.71. The SMILES string of the molecule is CCC[Si](CCCCl)(OCC)OCC. The number of hydrogen-bond acceptors (Lipinski definition) is 2. The predicted molar refractivity (Wildman–Crippen MR) is 64.2 cm³/mol. The first-order valence-electron chi connectivity index (χ1n) is 5.58. The summed E-state index contributed by atoms with van der Waals surface area (Å²) in [4.78, 5) is 0. The van der Waals surface area contributed by atoms with Gasteiger partial charge in [0, 0.05) is 19.1 Å². The summed E-state index contributed by atoms with van der Waals surface area (Å²) in [5, 5.41) is 0. The average Bonchev–Trinajstić information content (AvgIpc) is 2.16. The van der Waals surface area contributed by atoms with Crippen LogP contribution in [-0.4, -0.2) is 27.7 Å². The largest absolute Gasteiger partial charge is 0.394 e. The van der Waals surface area contributed by atoms with Crippen molar-refractivity contribution in [2.24, 2.45) is 0 Å². The van der Waals surface area contributed by atoms with E-state index in [1.165, 1.54) is 0 Å². The van der Waals surface area contributed by atoms with Crippen LogP contribution in [0.5, 0.6) is 0 Å². The summed E-state index contributed by atoms with van der Waals surface area (Å²) in [7, 11) is -1.90. The second-order valence-corrected chi connectivity index (χ2v) is 7.10. The van der Waals surface area contributed by atoms with E-state index in [9.17, 15) is 0 Å². The first-order chi connectivity index (χ1) is 6.74. The summed E-state index contributed by atoms with van der Waals surface area (Å²) in [6.45, 7) is 7.78. The van der Waals surface area contributed by atoms with Crippen LogP contribution in [0.1, 0.15) is 33.6 Å². The zero-order chi connectivity index (χ0) is 10.9. The molecule has 86 valence electrons. The van der Waals surface area contributed by atoms with Gasteiger partial charge in [0.25, 0.3) is 0 Å². The summed E-state index contributed by atoms with van der Waals surface area (Å²) in [5.41, 5.74) is 0. The van der Waals surface area contributed by atoms with E-state index in [0.29, 0.717) is 5.88 Å². The van der Waals surface area contributed by atoms with Crippen molar-refractivity contribution in [3.05, 3.63) is 0 Å². The maximum atomic E-state index is 5.87. The van der Waals surface area contributed by atoms with Gasteiger partial charge in [0.15, 0.2) is 0 Å².